The van der Waals surface area contributed by atoms with E-state index in [2.05, 4.69) is 10.6 Å². The van der Waals surface area contributed by atoms with Crippen LogP contribution in [-0.2, 0) is 9.53 Å². The van der Waals surface area contributed by atoms with Gasteiger partial charge in [-0.2, -0.15) is 0 Å². The van der Waals surface area contributed by atoms with Gasteiger partial charge in [0.1, 0.15) is 5.82 Å². The zero-order valence-electron chi connectivity index (χ0n) is 13.8. The van der Waals surface area contributed by atoms with Gasteiger partial charge >= 0.3 is 6.03 Å². The van der Waals surface area contributed by atoms with Crippen molar-refractivity contribution in [3.63, 3.8) is 0 Å². The molecule has 1 heterocycles. The molecule has 0 spiro atoms. The topological polar surface area (TPSA) is 73.9 Å². The predicted molar refractivity (Wildman–Crippen MR) is 88.5 cm³/mol. The number of piperazine rings is 1. The van der Waals surface area contributed by atoms with Crippen molar-refractivity contribution in [3.05, 3.63) is 30.1 Å². The monoisotopic (exact) mass is 338 g/mol. The van der Waals surface area contributed by atoms with E-state index in [0.29, 0.717) is 45.0 Å². The highest BCUT2D eigenvalue weighted by Crippen LogP contribution is 2.19. The first kappa shape index (κ1) is 18.2. The molecule has 0 unspecified atom stereocenters. The Morgan fingerprint density at radius 2 is 1.92 bits per heavy atom. The number of carbonyl (C=O) groups is 2. The second-order valence-electron chi connectivity index (χ2n) is 5.51. The third-order valence-corrected chi connectivity index (χ3v) is 3.78. The van der Waals surface area contributed by atoms with Gasteiger partial charge in [0, 0.05) is 39.8 Å². The normalized spacial score (nSPS) is 15.2. The molecule has 0 aromatic heterocycles. The number of urea groups is 1. The summed E-state index contributed by atoms with van der Waals surface area (Å²) >= 11 is 0. The number of halogens is 1. The van der Waals surface area contributed by atoms with E-state index in [1.54, 1.807) is 18.2 Å². The quantitative estimate of drug-likeness (QED) is 0.736. The number of benzene rings is 1. The van der Waals surface area contributed by atoms with Crippen LogP contribution in [0.4, 0.5) is 14.9 Å². The summed E-state index contributed by atoms with van der Waals surface area (Å²) in [6.07, 6.45) is 0. The summed E-state index contributed by atoms with van der Waals surface area (Å²) < 4.78 is 18.6. The van der Waals surface area contributed by atoms with Gasteiger partial charge in [-0.05, 0) is 12.1 Å². The molecule has 0 saturated carbocycles. The van der Waals surface area contributed by atoms with Crippen LogP contribution in [0.2, 0.25) is 0 Å². The maximum absolute atomic E-state index is 13.8. The second-order valence-corrected chi connectivity index (χ2v) is 5.51. The highest BCUT2D eigenvalue weighted by molar-refractivity contribution is 5.95. The molecule has 1 aliphatic heterocycles. The number of nitrogens with one attached hydrogen (secondary N) is 2. The number of rotatable bonds is 6. The summed E-state index contributed by atoms with van der Waals surface area (Å²) in [4.78, 5) is 27.2. The number of amides is 3. The van der Waals surface area contributed by atoms with E-state index >= 15 is 0 Å². The van der Waals surface area contributed by atoms with Crippen molar-refractivity contribution in [2.24, 2.45) is 0 Å². The zero-order chi connectivity index (χ0) is 17.4. The fourth-order valence-corrected chi connectivity index (χ4v) is 2.54. The van der Waals surface area contributed by atoms with Gasteiger partial charge in [-0.15, -0.1) is 0 Å². The van der Waals surface area contributed by atoms with Gasteiger partial charge < -0.3 is 15.0 Å². The highest BCUT2D eigenvalue weighted by atomic mass is 19.1. The first-order valence-electron chi connectivity index (χ1n) is 7.88. The molecule has 0 radical (unpaired) electrons. The predicted octanol–water partition coefficient (Wildman–Crippen LogP) is 0.420. The lowest BCUT2D eigenvalue weighted by atomic mass is 10.2. The van der Waals surface area contributed by atoms with Gasteiger partial charge in [-0.1, -0.05) is 12.1 Å². The molecule has 1 fully saturated rings. The molecule has 8 heteroatoms. The molecule has 2 rings (SSSR count). The van der Waals surface area contributed by atoms with Crippen LogP contribution in [0.25, 0.3) is 0 Å². The molecule has 1 aliphatic rings. The van der Waals surface area contributed by atoms with Crippen molar-refractivity contribution in [3.8, 4) is 0 Å². The Balaban J connectivity index is 1.72. The molecule has 1 saturated heterocycles. The average Bonchev–Trinajstić information content (AvgIpc) is 2.56. The highest BCUT2D eigenvalue weighted by Gasteiger charge is 2.21. The van der Waals surface area contributed by atoms with Crippen LogP contribution < -0.4 is 15.5 Å². The standard InChI is InChI=1S/C16H23FN4O3/c1-24-11-6-18-16(23)19-15(22)12-20-7-9-21(10-8-20)14-5-3-2-4-13(14)17/h2-5H,6-12H2,1H3,(H2,18,19,22,23). The van der Waals surface area contributed by atoms with Crippen molar-refractivity contribution < 1.29 is 18.7 Å². The van der Waals surface area contributed by atoms with Gasteiger partial charge in [0.05, 0.1) is 18.8 Å². The fourth-order valence-electron chi connectivity index (χ4n) is 2.54. The van der Waals surface area contributed by atoms with Crippen molar-refractivity contribution in [1.82, 2.24) is 15.5 Å². The van der Waals surface area contributed by atoms with Crippen molar-refractivity contribution in [2.45, 2.75) is 0 Å². The van der Waals surface area contributed by atoms with Gasteiger partial charge in [-0.25, -0.2) is 9.18 Å². The first-order valence-corrected chi connectivity index (χ1v) is 7.88. The summed E-state index contributed by atoms with van der Waals surface area (Å²) in [6, 6.07) is 6.14. The van der Waals surface area contributed by atoms with E-state index in [1.165, 1.54) is 13.2 Å². The smallest absolute Gasteiger partial charge is 0.321 e. The molecular weight excluding hydrogens is 315 g/mol. The summed E-state index contributed by atoms with van der Waals surface area (Å²) in [6.45, 7) is 3.40. The molecular formula is C16H23FN4O3. The minimum Gasteiger partial charge on any atom is -0.383 e. The average molecular weight is 338 g/mol. The first-order chi connectivity index (χ1) is 11.6. The Hall–Kier alpha value is -2.19. The molecule has 0 bridgehead atoms. The van der Waals surface area contributed by atoms with Crippen LogP contribution in [0.3, 0.4) is 0 Å². The molecule has 0 atom stereocenters. The molecule has 3 amide bonds. The van der Waals surface area contributed by atoms with E-state index in [4.69, 9.17) is 4.74 Å². The van der Waals surface area contributed by atoms with E-state index in [0.717, 1.165) is 0 Å². The summed E-state index contributed by atoms with van der Waals surface area (Å²) in [5, 5.41) is 4.80. The maximum atomic E-state index is 13.8. The summed E-state index contributed by atoms with van der Waals surface area (Å²) in [7, 11) is 1.53. The molecule has 24 heavy (non-hydrogen) atoms. The van der Waals surface area contributed by atoms with Gasteiger partial charge in [0.15, 0.2) is 0 Å². The Morgan fingerprint density at radius 1 is 1.21 bits per heavy atom. The number of methoxy groups -OCH3 is 1. The van der Waals surface area contributed by atoms with E-state index in [9.17, 15) is 14.0 Å². The number of hydrogen-bond acceptors (Lipinski definition) is 5. The van der Waals surface area contributed by atoms with Gasteiger partial charge in [-0.3, -0.25) is 15.0 Å². The third-order valence-electron chi connectivity index (χ3n) is 3.78. The maximum Gasteiger partial charge on any atom is 0.321 e. The lowest BCUT2D eigenvalue weighted by Gasteiger charge is -2.35. The number of imide groups is 1. The molecule has 1 aromatic carbocycles. The number of hydrogen-bond donors (Lipinski definition) is 2. The fraction of sp³-hybridized carbons (Fsp3) is 0.500. The number of carbonyl (C=O) groups excluding carboxylic acids is 2. The van der Waals surface area contributed by atoms with Crippen LogP contribution in [0, 0.1) is 5.82 Å². The van der Waals surface area contributed by atoms with Crippen LogP contribution in [0.15, 0.2) is 24.3 Å². The van der Waals surface area contributed by atoms with Crippen LogP contribution in [-0.4, -0.2) is 69.8 Å². The van der Waals surface area contributed by atoms with Crippen molar-refractivity contribution >= 4 is 17.6 Å². The van der Waals surface area contributed by atoms with E-state index in [1.807, 2.05) is 9.80 Å². The van der Waals surface area contributed by atoms with Crippen molar-refractivity contribution in [2.75, 3.05) is 57.9 Å². The van der Waals surface area contributed by atoms with Crippen LogP contribution in [0.5, 0.6) is 0 Å². The molecule has 7 nitrogen and oxygen atoms in total. The Morgan fingerprint density at radius 3 is 2.58 bits per heavy atom. The van der Waals surface area contributed by atoms with Crippen molar-refractivity contribution in [1.29, 1.82) is 0 Å². The Labute approximate surface area is 140 Å². The van der Waals surface area contributed by atoms with E-state index < -0.39 is 6.03 Å². The van der Waals surface area contributed by atoms with E-state index in [-0.39, 0.29) is 18.3 Å². The second kappa shape index (κ2) is 9.19. The lowest BCUT2D eigenvalue weighted by molar-refractivity contribution is -0.121. The minimum atomic E-state index is -0.526. The largest absolute Gasteiger partial charge is 0.383 e. The van der Waals surface area contributed by atoms with Crippen LogP contribution in [0.1, 0.15) is 0 Å². The number of nitrogens with zero attached hydrogens (tertiary/aromatic N) is 2. The molecule has 1 aromatic rings. The van der Waals surface area contributed by atoms with Gasteiger partial charge in [0.25, 0.3) is 0 Å². The Kier molecular flexibility index (Phi) is 6.95. The number of anilines is 1. The molecule has 2 N–H and O–H groups in total. The third kappa shape index (κ3) is 5.47. The summed E-state index contributed by atoms with van der Waals surface area (Å²) in [5.41, 5.74) is 0.583. The zero-order valence-corrected chi connectivity index (χ0v) is 13.8. The Bertz CT molecular complexity index is 562. The number of para-hydroxylation sites is 1. The molecule has 0 aliphatic carbocycles. The minimum absolute atomic E-state index is 0.142. The lowest BCUT2D eigenvalue weighted by Crippen LogP contribution is -2.51. The van der Waals surface area contributed by atoms with Gasteiger partial charge in [0.2, 0.25) is 5.91 Å². The number of ether oxygens (including phenoxy) is 1. The SMILES string of the molecule is COCCNC(=O)NC(=O)CN1CCN(c2ccccc2F)CC1. The van der Waals surface area contributed by atoms with Crippen LogP contribution >= 0.6 is 0 Å². The summed E-state index contributed by atoms with van der Waals surface area (Å²) in [5.74, 6) is -0.597. The molecule has 132 valence electrons.